The van der Waals surface area contributed by atoms with E-state index in [4.69, 9.17) is 11.5 Å². The number of aliphatic hydroxyl groups excluding tert-OH is 1. The number of nitrogens with one attached hydrogen (secondary N) is 4. The number of amides is 3. The monoisotopic (exact) mass is 483 g/mol. The molecule has 0 spiro atoms. The summed E-state index contributed by atoms with van der Waals surface area (Å²) >= 11 is 0. The number of imidazole rings is 1. The molecule has 1 aromatic heterocycles. The van der Waals surface area contributed by atoms with E-state index in [2.05, 4.69) is 25.9 Å². The Balaban J connectivity index is 2.81. The van der Waals surface area contributed by atoms with Gasteiger partial charge in [0.25, 0.3) is 0 Å². The molecule has 0 saturated heterocycles. The zero-order chi connectivity index (χ0) is 25.7. The molecule has 0 radical (unpaired) electrons. The number of hydrogen-bond donors (Lipinski definition) is 8. The number of aliphatic carboxylic acids is 1. The summed E-state index contributed by atoms with van der Waals surface area (Å²) in [6.07, 6.45) is 4.96. The van der Waals surface area contributed by atoms with Gasteiger partial charge >= 0.3 is 5.97 Å². The van der Waals surface area contributed by atoms with Gasteiger partial charge in [-0.25, -0.2) is 9.78 Å². The summed E-state index contributed by atoms with van der Waals surface area (Å²) < 4.78 is 0. The van der Waals surface area contributed by atoms with Gasteiger partial charge in [0.05, 0.1) is 19.0 Å². The molecule has 0 aromatic carbocycles. The lowest BCUT2D eigenvalue weighted by Crippen LogP contribution is -2.59. The van der Waals surface area contributed by atoms with Crippen molar-refractivity contribution in [2.24, 2.45) is 17.4 Å². The van der Waals surface area contributed by atoms with Crippen molar-refractivity contribution in [1.82, 2.24) is 25.9 Å². The topological polar surface area (TPSA) is 226 Å². The number of unbranched alkanes of at least 4 members (excludes halogenated alkanes) is 1. The molecule has 1 aromatic rings. The predicted octanol–water partition coefficient (Wildman–Crippen LogP) is -2.01. The lowest BCUT2D eigenvalue weighted by molar-refractivity contribution is -0.143. The maximum Gasteiger partial charge on any atom is 0.326 e. The summed E-state index contributed by atoms with van der Waals surface area (Å²) in [5.41, 5.74) is 12.0. The number of carbonyl (C=O) groups is 4. The standard InChI is InChI=1S/C21H37N7O6/c1-3-12(2)17(28-18(30)14(23)8-13-9-24-11-25-13)20(32)27-16(10-29)19(31)26-15(21(33)34)6-4-5-7-22/h9,11-12,14-17,29H,3-8,10,22-23H2,1-2H3,(H,24,25)(H,26,31)(H,27,32)(H,28,30)(H,33,34). The maximum atomic E-state index is 12.9. The van der Waals surface area contributed by atoms with Crippen molar-refractivity contribution in [3.05, 3.63) is 18.2 Å². The average molecular weight is 484 g/mol. The number of aliphatic hydroxyl groups is 1. The number of aromatic amines is 1. The average Bonchev–Trinajstić information content (AvgIpc) is 3.32. The minimum atomic E-state index is -1.40. The van der Waals surface area contributed by atoms with Crippen LogP contribution < -0.4 is 27.4 Å². The fraction of sp³-hybridized carbons (Fsp3) is 0.667. The Morgan fingerprint density at radius 1 is 1.09 bits per heavy atom. The van der Waals surface area contributed by atoms with E-state index >= 15 is 0 Å². The van der Waals surface area contributed by atoms with Gasteiger partial charge in [-0.1, -0.05) is 20.3 Å². The second-order valence-corrected chi connectivity index (χ2v) is 8.19. The number of aromatic nitrogens is 2. The lowest BCUT2D eigenvalue weighted by atomic mass is 9.97. The first-order chi connectivity index (χ1) is 16.1. The Bertz CT molecular complexity index is 789. The molecule has 1 rings (SSSR count). The number of H-pyrrole nitrogens is 1. The summed E-state index contributed by atoms with van der Waals surface area (Å²) in [5, 5.41) is 26.3. The summed E-state index contributed by atoms with van der Waals surface area (Å²) in [7, 11) is 0. The maximum absolute atomic E-state index is 12.9. The van der Waals surface area contributed by atoms with Crippen LogP contribution in [0.25, 0.3) is 0 Å². The molecule has 0 bridgehead atoms. The second kappa shape index (κ2) is 15.0. The molecule has 192 valence electrons. The van der Waals surface area contributed by atoms with Crippen LogP contribution in [0.5, 0.6) is 0 Å². The van der Waals surface area contributed by atoms with Crippen LogP contribution in [0, 0.1) is 5.92 Å². The highest BCUT2D eigenvalue weighted by Crippen LogP contribution is 2.10. The first-order valence-electron chi connectivity index (χ1n) is 11.3. The number of rotatable bonds is 16. The first kappa shape index (κ1) is 29.0. The lowest BCUT2D eigenvalue weighted by Gasteiger charge is -2.27. The Kier molecular flexibility index (Phi) is 12.8. The highest BCUT2D eigenvalue weighted by Gasteiger charge is 2.32. The van der Waals surface area contributed by atoms with Gasteiger partial charge < -0.3 is 42.6 Å². The number of nitrogens with zero attached hydrogens (tertiary/aromatic N) is 1. The molecule has 0 saturated carbocycles. The van der Waals surface area contributed by atoms with E-state index in [1.165, 1.54) is 12.5 Å². The van der Waals surface area contributed by atoms with Gasteiger partial charge in [0, 0.05) is 18.3 Å². The van der Waals surface area contributed by atoms with Gasteiger partial charge in [-0.05, 0) is 31.7 Å². The van der Waals surface area contributed by atoms with Gasteiger partial charge in [-0.3, -0.25) is 14.4 Å². The van der Waals surface area contributed by atoms with Crippen LogP contribution in [0.2, 0.25) is 0 Å². The van der Waals surface area contributed by atoms with E-state index in [0.717, 1.165) is 0 Å². The van der Waals surface area contributed by atoms with E-state index in [9.17, 15) is 29.4 Å². The fourth-order valence-corrected chi connectivity index (χ4v) is 3.17. The van der Waals surface area contributed by atoms with Crippen molar-refractivity contribution in [2.45, 2.75) is 70.1 Å². The van der Waals surface area contributed by atoms with E-state index in [-0.39, 0.29) is 18.8 Å². The molecule has 3 amide bonds. The highest BCUT2D eigenvalue weighted by molar-refractivity contribution is 5.94. The van der Waals surface area contributed by atoms with Gasteiger partial charge in [0.15, 0.2) is 0 Å². The molecule has 13 nitrogen and oxygen atoms in total. The van der Waals surface area contributed by atoms with Crippen molar-refractivity contribution in [3.8, 4) is 0 Å². The molecular weight excluding hydrogens is 446 g/mol. The molecule has 0 aliphatic rings. The molecule has 0 aliphatic carbocycles. The number of nitrogens with two attached hydrogens (primary N) is 2. The summed E-state index contributed by atoms with van der Waals surface area (Å²) in [6, 6.07) is -4.55. The number of hydrogen-bond acceptors (Lipinski definition) is 8. The molecule has 0 aliphatic heterocycles. The largest absolute Gasteiger partial charge is 0.480 e. The van der Waals surface area contributed by atoms with Gasteiger partial charge in [-0.15, -0.1) is 0 Å². The first-order valence-corrected chi connectivity index (χ1v) is 11.3. The highest BCUT2D eigenvalue weighted by atomic mass is 16.4. The SMILES string of the molecule is CCC(C)C(NC(=O)C(N)Cc1cnc[nH]1)C(=O)NC(CO)C(=O)NC(CCCCN)C(=O)O. The zero-order valence-electron chi connectivity index (χ0n) is 19.6. The minimum Gasteiger partial charge on any atom is -0.480 e. The molecule has 1 heterocycles. The van der Waals surface area contributed by atoms with Crippen LogP contribution in [0.4, 0.5) is 0 Å². The number of carbonyl (C=O) groups excluding carboxylic acids is 3. The van der Waals surface area contributed by atoms with Crippen LogP contribution in [-0.4, -0.2) is 81.2 Å². The summed E-state index contributed by atoms with van der Waals surface area (Å²) in [6.45, 7) is 3.21. The smallest absolute Gasteiger partial charge is 0.326 e. The van der Waals surface area contributed by atoms with Crippen LogP contribution in [0.15, 0.2) is 12.5 Å². The van der Waals surface area contributed by atoms with Crippen LogP contribution in [-0.2, 0) is 25.6 Å². The molecule has 5 unspecified atom stereocenters. The Hall–Kier alpha value is -3.03. The third-order valence-corrected chi connectivity index (χ3v) is 5.50. The molecule has 13 heteroatoms. The van der Waals surface area contributed by atoms with E-state index < -0.39 is 54.5 Å². The molecule has 34 heavy (non-hydrogen) atoms. The second-order valence-electron chi connectivity index (χ2n) is 8.19. The van der Waals surface area contributed by atoms with Gasteiger partial charge in [-0.2, -0.15) is 0 Å². The van der Waals surface area contributed by atoms with Crippen LogP contribution >= 0.6 is 0 Å². The van der Waals surface area contributed by atoms with Crippen molar-refractivity contribution in [3.63, 3.8) is 0 Å². The number of carboxylic acid groups (broad SMARTS) is 1. The zero-order valence-corrected chi connectivity index (χ0v) is 19.6. The molecule has 0 fully saturated rings. The van der Waals surface area contributed by atoms with Crippen molar-refractivity contribution >= 4 is 23.7 Å². The number of carboxylic acids is 1. The Morgan fingerprint density at radius 2 is 1.76 bits per heavy atom. The quantitative estimate of drug-likeness (QED) is 0.121. The minimum absolute atomic E-state index is 0.157. The molecule has 10 N–H and O–H groups in total. The fourth-order valence-electron chi connectivity index (χ4n) is 3.17. The van der Waals surface area contributed by atoms with Gasteiger partial charge in [0.1, 0.15) is 18.1 Å². The third-order valence-electron chi connectivity index (χ3n) is 5.50. The van der Waals surface area contributed by atoms with Crippen LogP contribution in [0.3, 0.4) is 0 Å². The normalized spacial score (nSPS) is 15.4. The molecule has 5 atom stereocenters. The molecular formula is C21H37N7O6. The van der Waals surface area contributed by atoms with E-state index in [1.807, 2.05) is 6.92 Å². The van der Waals surface area contributed by atoms with Crippen molar-refractivity contribution in [2.75, 3.05) is 13.2 Å². The summed E-state index contributed by atoms with van der Waals surface area (Å²) in [4.78, 5) is 56.2. The van der Waals surface area contributed by atoms with Crippen molar-refractivity contribution in [1.29, 1.82) is 0 Å². The summed E-state index contributed by atoms with van der Waals surface area (Å²) in [5.74, 6) is -3.65. The Morgan fingerprint density at radius 3 is 2.29 bits per heavy atom. The Labute approximate surface area is 198 Å². The third kappa shape index (κ3) is 9.45. The van der Waals surface area contributed by atoms with E-state index in [1.54, 1.807) is 6.92 Å². The van der Waals surface area contributed by atoms with E-state index in [0.29, 0.717) is 31.5 Å². The van der Waals surface area contributed by atoms with Crippen molar-refractivity contribution < 1.29 is 29.4 Å². The van der Waals surface area contributed by atoms with Crippen LogP contribution in [0.1, 0.15) is 45.2 Å². The predicted molar refractivity (Wildman–Crippen MR) is 123 cm³/mol. The van der Waals surface area contributed by atoms with Gasteiger partial charge in [0.2, 0.25) is 17.7 Å².